The number of nitrogens with one attached hydrogen (secondary N) is 1. The lowest BCUT2D eigenvalue weighted by atomic mass is 10.1. The van der Waals surface area contributed by atoms with E-state index in [1.165, 1.54) is 0 Å². The van der Waals surface area contributed by atoms with Gasteiger partial charge in [-0.1, -0.05) is 12.1 Å². The van der Waals surface area contributed by atoms with Gasteiger partial charge in [-0.05, 0) is 74.8 Å². The van der Waals surface area contributed by atoms with Gasteiger partial charge in [0.05, 0.1) is 24.7 Å². The number of ether oxygens (including phenoxy) is 2. The van der Waals surface area contributed by atoms with E-state index in [1.54, 1.807) is 6.33 Å². The number of amides is 1. The van der Waals surface area contributed by atoms with E-state index in [4.69, 9.17) is 9.47 Å². The molecule has 2 aromatic heterocycles. The first-order valence-electron chi connectivity index (χ1n) is 14.1. The topological polar surface area (TPSA) is 97.6 Å². The zero-order valence-electron chi connectivity index (χ0n) is 23.2. The van der Waals surface area contributed by atoms with Crippen molar-refractivity contribution in [2.24, 2.45) is 0 Å². The highest BCUT2D eigenvalue weighted by molar-refractivity contribution is 5.94. The summed E-state index contributed by atoms with van der Waals surface area (Å²) >= 11 is 0. The number of carbonyl (C=O) groups is 1. The third kappa shape index (κ3) is 6.55. The lowest BCUT2D eigenvalue weighted by Crippen LogP contribution is -2.49. The predicted octanol–water partition coefficient (Wildman–Crippen LogP) is 3.79. The molecule has 2 aliphatic rings. The van der Waals surface area contributed by atoms with Gasteiger partial charge in [0.25, 0.3) is 5.91 Å². The van der Waals surface area contributed by atoms with E-state index in [0.717, 1.165) is 59.8 Å². The third-order valence-electron chi connectivity index (χ3n) is 7.51. The first kappa shape index (κ1) is 28.6. The Morgan fingerprint density at radius 3 is 2.54 bits per heavy atom. The quantitative estimate of drug-likeness (QED) is 0.338. The van der Waals surface area contributed by atoms with Gasteiger partial charge in [-0.15, -0.1) is 12.4 Å². The number of piperidine rings is 1. The molecule has 0 radical (unpaired) electrons. The Hall–Kier alpha value is -3.89. The van der Waals surface area contributed by atoms with E-state index in [0.29, 0.717) is 44.9 Å². The summed E-state index contributed by atoms with van der Waals surface area (Å²) in [5, 5.41) is 8.88. The van der Waals surface area contributed by atoms with Crippen LogP contribution in [-0.4, -0.2) is 82.5 Å². The normalized spacial score (nSPS) is 15.9. The number of halogens is 1. The average Bonchev–Trinajstić information content (AvgIpc) is 3.41. The fourth-order valence-electron chi connectivity index (χ4n) is 5.41. The Bertz CT molecular complexity index is 1450. The summed E-state index contributed by atoms with van der Waals surface area (Å²) in [7, 11) is 0. The molecule has 2 fully saturated rings. The van der Waals surface area contributed by atoms with E-state index in [1.807, 2.05) is 65.2 Å². The number of benzene rings is 2. The molecule has 10 nitrogen and oxygen atoms in total. The number of hydrogen-bond donors (Lipinski definition) is 1. The maximum atomic E-state index is 13.2. The molecule has 11 heteroatoms. The van der Waals surface area contributed by atoms with Crippen molar-refractivity contribution in [3.8, 4) is 11.5 Å². The minimum atomic E-state index is 0. The third-order valence-corrected chi connectivity index (χ3v) is 7.51. The predicted molar refractivity (Wildman–Crippen MR) is 160 cm³/mol. The molecule has 4 aromatic rings. The molecule has 41 heavy (non-hydrogen) atoms. The molecule has 0 atom stereocenters. The number of piperazine rings is 1. The van der Waals surface area contributed by atoms with Crippen molar-refractivity contribution in [1.82, 2.24) is 30.0 Å². The highest BCUT2D eigenvalue weighted by atomic mass is 35.5. The van der Waals surface area contributed by atoms with Gasteiger partial charge < -0.3 is 24.6 Å². The second-order valence-corrected chi connectivity index (χ2v) is 10.2. The fraction of sp³-hybridized carbons (Fsp3) is 0.400. The Morgan fingerprint density at radius 1 is 1.00 bits per heavy atom. The van der Waals surface area contributed by atoms with Crippen LogP contribution in [-0.2, 0) is 6.54 Å². The van der Waals surface area contributed by atoms with Gasteiger partial charge in [-0.2, -0.15) is 5.10 Å². The molecule has 0 saturated carbocycles. The lowest BCUT2D eigenvalue weighted by molar-refractivity contribution is 0.0746. The van der Waals surface area contributed by atoms with Crippen LogP contribution in [0.4, 0.5) is 5.82 Å². The maximum absolute atomic E-state index is 13.2. The molecule has 1 amide bonds. The van der Waals surface area contributed by atoms with Crippen molar-refractivity contribution in [2.75, 3.05) is 50.8 Å². The second kappa shape index (κ2) is 13.2. The molecule has 0 aliphatic carbocycles. The van der Waals surface area contributed by atoms with Crippen molar-refractivity contribution in [3.05, 3.63) is 72.2 Å². The monoisotopic (exact) mass is 577 g/mol. The van der Waals surface area contributed by atoms with Crippen LogP contribution < -0.4 is 19.7 Å². The lowest BCUT2D eigenvalue weighted by Gasteiger charge is -2.35. The molecule has 4 heterocycles. The fourth-order valence-corrected chi connectivity index (χ4v) is 5.41. The summed E-state index contributed by atoms with van der Waals surface area (Å²) in [5.41, 5.74) is 2.57. The number of nitrogens with zero attached hydrogens (tertiary/aromatic N) is 6. The molecule has 6 rings (SSSR count). The number of anilines is 1. The van der Waals surface area contributed by atoms with Crippen molar-refractivity contribution < 1.29 is 14.3 Å². The summed E-state index contributed by atoms with van der Waals surface area (Å²) < 4.78 is 13.6. The van der Waals surface area contributed by atoms with E-state index in [2.05, 4.69) is 31.3 Å². The molecule has 2 aromatic carbocycles. The van der Waals surface area contributed by atoms with Crippen LogP contribution >= 0.6 is 12.4 Å². The summed E-state index contributed by atoms with van der Waals surface area (Å²) in [5.74, 6) is 2.57. The minimum absolute atomic E-state index is 0. The molecule has 1 N–H and O–H groups in total. The summed E-state index contributed by atoms with van der Waals surface area (Å²) in [6, 6.07) is 15.6. The first-order chi connectivity index (χ1) is 19.7. The number of rotatable bonds is 8. The van der Waals surface area contributed by atoms with Crippen LogP contribution in [0.5, 0.6) is 11.5 Å². The molecule has 216 valence electrons. The van der Waals surface area contributed by atoms with Crippen LogP contribution in [0.1, 0.15) is 35.7 Å². The zero-order chi connectivity index (χ0) is 27.3. The molecule has 0 spiro atoms. The number of hydrogen-bond acceptors (Lipinski definition) is 8. The summed E-state index contributed by atoms with van der Waals surface area (Å²) in [4.78, 5) is 26.5. The van der Waals surface area contributed by atoms with Crippen molar-refractivity contribution in [1.29, 1.82) is 0 Å². The Morgan fingerprint density at radius 2 is 1.78 bits per heavy atom. The van der Waals surface area contributed by atoms with Gasteiger partial charge in [0, 0.05) is 31.7 Å². The molecule has 2 aliphatic heterocycles. The molecule has 2 saturated heterocycles. The number of fused-ring (bicyclic) bond motifs is 1. The van der Waals surface area contributed by atoms with Gasteiger partial charge in [-0.25, -0.2) is 14.6 Å². The van der Waals surface area contributed by atoms with Crippen molar-refractivity contribution >= 4 is 35.2 Å². The van der Waals surface area contributed by atoms with E-state index >= 15 is 0 Å². The highest BCUT2D eigenvalue weighted by Crippen LogP contribution is 2.25. The molecular formula is C30H36ClN7O3. The van der Waals surface area contributed by atoms with Crippen LogP contribution in [0.25, 0.3) is 11.0 Å². The van der Waals surface area contributed by atoms with Crippen LogP contribution in [0.2, 0.25) is 0 Å². The summed E-state index contributed by atoms with van der Waals surface area (Å²) in [6.45, 7) is 7.79. The standard InChI is InChI=1S/C30H35N7O3.ClH/c1-2-39-26-5-3-4-22(18-26)20-37-29-27(19-34-37)28(32-21-33-29)35-14-16-36(17-15-35)30(38)23-6-8-24(9-7-23)40-25-10-12-31-13-11-25;/h3-9,18-19,21,25,31H,2,10-17,20H2,1H3;1H. The van der Waals surface area contributed by atoms with E-state index < -0.39 is 0 Å². The minimum Gasteiger partial charge on any atom is -0.494 e. The summed E-state index contributed by atoms with van der Waals surface area (Å²) in [6.07, 6.45) is 5.68. The molecule has 0 unspecified atom stereocenters. The largest absolute Gasteiger partial charge is 0.494 e. The van der Waals surface area contributed by atoms with Crippen molar-refractivity contribution in [3.63, 3.8) is 0 Å². The average molecular weight is 578 g/mol. The molecule has 0 bridgehead atoms. The number of aromatic nitrogens is 4. The van der Waals surface area contributed by atoms with E-state index in [-0.39, 0.29) is 24.4 Å². The van der Waals surface area contributed by atoms with Gasteiger partial charge in [0.15, 0.2) is 5.65 Å². The highest BCUT2D eigenvalue weighted by Gasteiger charge is 2.25. The van der Waals surface area contributed by atoms with Crippen LogP contribution in [0.3, 0.4) is 0 Å². The van der Waals surface area contributed by atoms with E-state index in [9.17, 15) is 4.79 Å². The maximum Gasteiger partial charge on any atom is 0.253 e. The molecular weight excluding hydrogens is 542 g/mol. The van der Waals surface area contributed by atoms with Gasteiger partial charge in [0.1, 0.15) is 29.7 Å². The zero-order valence-corrected chi connectivity index (χ0v) is 24.1. The van der Waals surface area contributed by atoms with Crippen LogP contribution in [0.15, 0.2) is 61.1 Å². The second-order valence-electron chi connectivity index (χ2n) is 10.2. The van der Waals surface area contributed by atoms with Gasteiger partial charge in [0.2, 0.25) is 0 Å². The smallest absolute Gasteiger partial charge is 0.253 e. The van der Waals surface area contributed by atoms with Gasteiger partial charge >= 0.3 is 0 Å². The number of carbonyl (C=O) groups excluding carboxylic acids is 1. The van der Waals surface area contributed by atoms with Crippen LogP contribution in [0, 0.1) is 0 Å². The van der Waals surface area contributed by atoms with Gasteiger partial charge in [-0.3, -0.25) is 4.79 Å². The van der Waals surface area contributed by atoms with Crippen molar-refractivity contribution in [2.45, 2.75) is 32.4 Å². The Labute approximate surface area is 246 Å². The first-order valence-corrected chi connectivity index (χ1v) is 14.1. The Kier molecular flexibility index (Phi) is 9.21. The Balaban J connectivity index is 0.00000337. The SMILES string of the molecule is CCOc1cccc(Cn2ncc3c(N4CCN(C(=O)c5ccc(OC6CCNCC6)cc5)CC4)ncnc32)c1.Cl.